The van der Waals surface area contributed by atoms with E-state index < -0.39 is 5.60 Å². The highest BCUT2D eigenvalue weighted by atomic mass is 16.6. The van der Waals surface area contributed by atoms with E-state index >= 15 is 0 Å². The average molecular weight is 300 g/mol. The molecule has 2 rings (SSSR count). The largest absolute Gasteiger partial charge is 0.446 e. The van der Waals surface area contributed by atoms with Crippen LogP contribution in [0.15, 0.2) is 42.5 Å². The van der Waals surface area contributed by atoms with E-state index in [1.165, 1.54) is 6.08 Å². The van der Waals surface area contributed by atoms with E-state index in [0.717, 1.165) is 31.2 Å². The first-order chi connectivity index (χ1) is 10.6. The fraction of sp³-hybridized carbons (Fsp3) is 0.474. The number of carbonyl (C=O) groups excluding carboxylic acids is 2. The van der Waals surface area contributed by atoms with Crippen molar-refractivity contribution in [3.8, 4) is 0 Å². The van der Waals surface area contributed by atoms with Gasteiger partial charge in [0.25, 0.3) is 0 Å². The standard InChI is InChI=1S/C19H24O3/c1-3-4-6-11-17(14-15(2)20)19(13-12-18(21)22-19)16-9-7-5-8-10-16/h5,7-10,12-13,17H,3-4,6,11,14H2,1-2H3/t17-,19+/m0/s1. The minimum absolute atomic E-state index is 0.0124. The Hall–Kier alpha value is -1.90. The van der Waals surface area contributed by atoms with Crippen LogP contribution in [0.5, 0.6) is 0 Å². The van der Waals surface area contributed by atoms with Gasteiger partial charge < -0.3 is 9.53 Å². The molecule has 1 aromatic rings. The lowest BCUT2D eigenvalue weighted by Gasteiger charge is -2.35. The Morgan fingerprint density at radius 3 is 2.50 bits per heavy atom. The van der Waals surface area contributed by atoms with E-state index in [-0.39, 0.29) is 17.7 Å². The van der Waals surface area contributed by atoms with Gasteiger partial charge in [-0.15, -0.1) is 0 Å². The van der Waals surface area contributed by atoms with Crippen LogP contribution in [-0.2, 0) is 19.9 Å². The van der Waals surface area contributed by atoms with Gasteiger partial charge in [-0.2, -0.15) is 0 Å². The normalized spacial score (nSPS) is 21.6. The van der Waals surface area contributed by atoms with Gasteiger partial charge in [0.15, 0.2) is 5.60 Å². The first kappa shape index (κ1) is 16.5. The predicted octanol–water partition coefficient (Wildman–Crippen LogP) is 4.17. The van der Waals surface area contributed by atoms with Crippen LogP contribution in [0, 0.1) is 5.92 Å². The number of benzene rings is 1. The lowest BCUT2D eigenvalue weighted by Crippen LogP contribution is -2.36. The summed E-state index contributed by atoms with van der Waals surface area (Å²) in [5.41, 5.74) is 0.150. The Morgan fingerprint density at radius 2 is 1.95 bits per heavy atom. The maximum absolute atomic E-state index is 11.8. The molecule has 3 nitrogen and oxygen atoms in total. The van der Waals surface area contributed by atoms with Crippen LogP contribution in [0.4, 0.5) is 0 Å². The molecule has 0 fully saturated rings. The molecule has 2 atom stereocenters. The lowest BCUT2D eigenvalue weighted by molar-refractivity contribution is -0.152. The van der Waals surface area contributed by atoms with E-state index in [9.17, 15) is 9.59 Å². The quantitative estimate of drug-likeness (QED) is 0.534. The van der Waals surface area contributed by atoms with Crippen molar-refractivity contribution >= 4 is 11.8 Å². The molecule has 1 aliphatic rings. The van der Waals surface area contributed by atoms with Gasteiger partial charge in [-0.1, -0.05) is 56.5 Å². The number of hydrogen-bond acceptors (Lipinski definition) is 3. The van der Waals surface area contributed by atoms with Crippen LogP contribution in [0.25, 0.3) is 0 Å². The molecule has 0 unspecified atom stereocenters. The Balaban J connectivity index is 2.34. The zero-order valence-corrected chi connectivity index (χ0v) is 13.4. The highest BCUT2D eigenvalue weighted by Gasteiger charge is 2.44. The van der Waals surface area contributed by atoms with Gasteiger partial charge in [-0.05, 0) is 25.0 Å². The highest BCUT2D eigenvalue weighted by Crippen LogP contribution is 2.43. The molecule has 0 aromatic heterocycles. The molecular formula is C19H24O3. The third-order valence-corrected chi connectivity index (χ3v) is 4.26. The number of ether oxygens (including phenoxy) is 1. The molecule has 0 saturated carbocycles. The molecule has 0 aliphatic carbocycles. The SMILES string of the molecule is CCCCC[C@@H](CC(C)=O)[C@]1(c2ccccc2)C=CC(=O)O1. The minimum Gasteiger partial charge on any atom is -0.446 e. The molecule has 0 spiro atoms. The van der Waals surface area contributed by atoms with Crippen LogP contribution in [0.1, 0.15) is 51.5 Å². The molecule has 1 heterocycles. The number of Topliss-reactive ketones (excluding diaryl/α,β-unsaturated/α-hetero) is 1. The molecule has 0 saturated heterocycles. The number of carbonyl (C=O) groups is 2. The summed E-state index contributed by atoms with van der Waals surface area (Å²) >= 11 is 0. The Kier molecular flexibility index (Phi) is 5.53. The second-order valence-corrected chi connectivity index (χ2v) is 6.01. The Labute approximate surface area is 132 Å². The van der Waals surface area contributed by atoms with Crippen molar-refractivity contribution in [2.24, 2.45) is 5.92 Å². The number of hydrogen-bond donors (Lipinski definition) is 0. The Bertz CT molecular complexity index is 547. The van der Waals surface area contributed by atoms with Gasteiger partial charge in [0.1, 0.15) is 5.78 Å². The molecule has 0 radical (unpaired) electrons. The third-order valence-electron chi connectivity index (χ3n) is 4.26. The fourth-order valence-electron chi connectivity index (χ4n) is 3.19. The van der Waals surface area contributed by atoms with Crippen molar-refractivity contribution in [3.63, 3.8) is 0 Å². The zero-order valence-electron chi connectivity index (χ0n) is 13.4. The molecular weight excluding hydrogens is 276 g/mol. The van der Waals surface area contributed by atoms with Gasteiger partial charge in [0.2, 0.25) is 0 Å². The highest BCUT2D eigenvalue weighted by molar-refractivity contribution is 5.86. The van der Waals surface area contributed by atoms with E-state index in [1.54, 1.807) is 6.92 Å². The van der Waals surface area contributed by atoms with E-state index in [0.29, 0.717) is 6.42 Å². The molecule has 0 amide bonds. The molecule has 1 aromatic carbocycles. The van der Waals surface area contributed by atoms with Crippen molar-refractivity contribution in [1.82, 2.24) is 0 Å². The van der Waals surface area contributed by atoms with Crippen LogP contribution in [-0.4, -0.2) is 11.8 Å². The third kappa shape index (κ3) is 3.65. The second-order valence-electron chi connectivity index (χ2n) is 6.01. The summed E-state index contributed by atoms with van der Waals surface area (Å²) in [4.78, 5) is 23.5. The summed E-state index contributed by atoms with van der Waals surface area (Å²) < 4.78 is 5.73. The van der Waals surface area contributed by atoms with E-state index in [4.69, 9.17) is 4.74 Å². The van der Waals surface area contributed by atoms with Gasteiger partial charge >= 0.3 is 5.97 Å². The topological polar surface area (TPSA) is 43.4 Å². The number of ketones is 1. The molecule has 118 valence electrons. The molecule has 3 heteroatoms. The number of rotatable bonds is 8. The van der Waals surface area contributed by atoms with Crippen LogP contribution < -0.4 is 0 Å². The van der Waals surface area contributed by atoms with Gasteiger partial charge in [0.05, 0.1) is 0 Å². The predicted molar refractivity (Wildman–Crippen MR) is 86.3 cm³/mol. The average Bonchev–Trinajstić information content (AvgIpc) is 2.90. The monoisotopic (exact) mass is 300 g/mol. The van der Waals surface area contributed by atoms with Crippen LogP contribution >= 0.6 is 0 Å². The fourth-order valence-corrected chi connectivity index (χ4v) is 3.19. The van der Waals surface area contributed by atoms with Gasteiger partial charge in [-0.25, -0.2) is 4.79 Å². The van der Waals surface area contributed by atoms with Gasteiger partial charge in [-0.3, -0.25) is 0 Å². The molecule has 22 heavy (non-hydrogen) atoms. The lowest BCUT2D eigenvalue weighted by atomic mass is 9.76. The summed E-state index contributed by atoms with van der Waals surface area (Å²) in [6.07, 6.45) is 7.91. The summed E-state index contributed by atoms with van der Waals surface area (Å²) in [5.74, 6) is -0.206. The van der Waals surface area contributed by atoms with Crippen molar-refractivity contribution in [1.29, 1.82) is 0 Å². The first-order valence-corrected chi connectivity index (χ1v) is 8.05. The van der Waals surface area contributed by atoms with Crippen molar-refractivity contribution < 1.29 is 14.3 Å². The number of esters is 1. The van der Waals surface area contributed by atoms with Gasteiger partial charge in [0, 0.05) is 18.4 Å². The maximum atomic E-state index is 11.8. The minimum atomic E-state index is -0.794. The zero-order chi connectivity index (χ0) is 16.0. The van der Waals surface area contributed by atoms with E-state index in [2.05, 4.69) is 6.92 Å². The van der Waals surface area contributed by atoms with Crippen molar-refractivity contribution in [2.75, 3.05) is 0 Å². The molecule has 1 aliphatic heterocycles. The number of unbranched alkanes of at least 4 members (excludes halogenated alkanes) is 2. The summed E-state index contributed by atoms with van der Waals surface area (Å²) in [7, 11) is 0. The number of cyclic esters (lactones) is 1. The smallest absolute Gasteiger partial charge is 0.331 e. The van der Waals surface area contributed by atoms with Crippen LogP contribution in [0.3, 0.4) is 0 Å². The van der Waals surface area contributed by atoms with Crippen LogP contribution in [0.2, 0.25) is 0 Å². The Morgan fingerprint density at radius 1 is 1.23 bits per heavy atom. The molecule has 0 N–H and O–H groups in total. The van der Waals surface area contributed by atoms with Crippen molar-refractivity contribution in [2.45, 2.75) is 51.6 Å². The van der Waals surface area contributed by atoms with E-state index in [1.807, 2.05) is 36.4 Å². The first-order valence-electron chi connectivity index (χ1n) is 8.05. The van der Waals surface area contributed by atoms with Crippen molar-refractivity contribution in [3.05, 3.63) is 48.0 Å². The maximum Gasteiger partial charge on any atom is 0.331 e. The summed E-state index contributed by atoms with van der Waals surface area (Å²) in [6.45, 7) is 3.76. The molecule has 0 bridgehead atoms. The summed E-state index contributed by atoms with van der Waals surface area (Å²) in [6, 6.07) is 9.75. The second kappa shape index (κ2) is 7.39. The summed E-state index contributed by atoms with van der Waals surface area (Å²) in [5, 5.41) is 0.